The average Bonchev–Trinajstić information content (AvgIpc) is 3.02. The molecule has 0 aliphatic carbocycles. The van der Waals surface area contributed by atoms with Gasteiger partial charge in [0.1, 0.15) is 23.0 Å². The predicted molar refractivity (Wildman–Crippen MR) is 167 cm³/mol. The Kier molecular flexibility index (Phi) is 9.53. The summed E-state index contributed by atoms with van der Waals surface area (Å²) in [7, 11) is 0. The number of carbonyl (C=O) groups is 2. The quantitative estimate of drug-likeness (QED) is 0.154. The number of hydrogen-bond donors (Lipinski definition) is 2. The van der Waals surface area contributed by atoms with Crippen LogP contribution in [0.2, 0.25) is 0 Å². The Morgan fingerprint density at radius 2 is 1.38 bits per heavy atom. The Hall–Kier alpha value is -5.09. The maximum atomic E-state index is 13.5. The highest BCUT2D eigenvalue weighted by Gasteiger charge is 2.30. The molecule has 228 valence electrons. The molecule has 5 aromatic rings. The lowest BCUT2D eigenvalue weighted by Crippen LogP contribution is -2.30. The zero-order valence-corrected chi connectivity index (χ0v) is 25.0. The molecule has 5 rings (SSSR count). The van der Waals surface area contributed by atoms with Gasteiger partial charge >= 0.3 is 12.1 Å². The molecule has 0 spiro atoms. The normalized spacial score (nSPS) is 11.8. The molecule has 0 radical (unpaired) electrons. The molecular formula is C35H25BrF3NO5. The van der Waals surface area contributed by atoms with Crippen LogP contribution in [0.5, 0.6) is 23.0 Å². The highest BCUT2D eigenvalue weighted by molar-refractivity contribution is 9.10. The van der Waals surface area contributed by atoms with Gasteiger partial charge in [0.05, 0.1) is 23.6 Å². The second-order valence-electron chi connectivity index (χ2n) is 9.92. The van der Waals surface area contributed by atoms with Crippen molar-refractivity contribution in [2.75, 3.05) is 0 Å². The minimum Gasteiger partial charge on any atom is -0.481 e. The van der Waals surface area contributed by atoms with Crippen LogP contribution < -0.4 is 14.8 Å². The first-order valence-corrected chi connectivity index (χ1v) is 14.5. The second kappa shape index (κ2) is 13.7. The fourth-order valence-electron chi connectivity index (χ4n) is 4.58. The summed E-state index contributed by atoms with van der Waals surface area (Å²) in [6.07, 6.45) is -4.90. The van der Waals surface area contributed by atoms with Gasteiger partial charge in [0.2, 0.25) is 0 Å². The molecule has 0 aliphatic heterocycles. The Labute approximate surface area is 265 Å². The number of carboxylic acids is 1. The van der Waals surface area contributed by atoms with Crippen LogP contribution in [0.15, 0.2) is 126 Å². The van der Waals surface area contributed by atoms with Gasteiger partial charge in [-0.25, -0.2) is 0 Å². The van der Waals surface area contributed by atoms with Gasteiger partial charge in [-0.3, -0.25) is 9.59 Å². The molecular weight excluding hydrogens is 651 g/mol. The lowest BCUT2D eigenvalue weighted by molar-refractivity contribution is -0.138. The van der Waals surface area contributed by atoms with Crippen molar-refractivity contribution in [3.05, 3.63) is 142 Å². The largest absolute Gasteiger partial charge is 0.481 e. The number of ether oxygens (including phenoxy) is 2. The van der Waals surface area contributed by atoms with Crippen molar-refractivity contribution in [3.8, 4) is 34.1 Å². The van der Waals surface area contributed by atoms with Gasteiger partial charge in [0, 0.05) is 10.0 Å². The molecule has 0 saturated carbocycles. The summed E-state index contributed by atoms with van der Waals surface area (Å²) in [5.74, 6) is -0.262. The van der Waals surface area contributed by atoms with Gasteiger partial charge in [-0.05, 0) is 71.8 Å². The van der Waals surface area contributed by atoms with E-state index >= 15 is 0 Å². The van der Waals surface area contributed by atoms with E-state index in [0.717, 1.165) is 35.4 Å². The van der Waals surface area contributed by atoms with Crippen molar-refractivity contribution in [2.24, 2.45) is 0 Å². The van der Waals surface area contributed by atoms with Gasteiger partial charge in [-0.1, -0.05) is 76.6 Å². The average molecular weight is 676 g/mol. The van der Waals surface area contributed by atoms with Crippen molar-refractivity contribution in [1.82, 2.24) is 5.32 Å². The number of alkyl halides is 3. The first kappa shape index (κ1) is 31.3. The summed E-state index contributed by atoms with van der Waals surface area (Å²) >= 11 is 3.32. The smallest absolute Gasteiger partial charge is 0.416 e. The van der Waals surface area contributed by atoms with Crippen LogP contribution in [-0.2, 0) is 11.0 Å². The van der Waals surface area contributed by atoms with Gasteiger partial charge in [0.15, 0.2) is 0 Å². The Morgan fingerprint density at radius 1 is 0.756 bits per heavy atom. The SMILES string of the molecule is O=C(O)CC(NC(=O)c1cc(Br)ccc1Oc1ccc(C(F)(F)F)cc1)c1ccc(-c2ccccc2Oc2ccccc2)cc1. The third-order valence-electron chi connectivity index (χ3n) is 6.76. The van der Waals surface area contributed by atoms with Crippen LogP contribution in [0, 0.1) is 0 Å². The highest BCUT2D eigenvalue weighted by atomic mass is 79.9. The first-order chi connectivity index (χ1) is 21.6. The molecule has 0 heterocycles. The molecule has 45 heavy (non-hydrogen) atoms. The number of carbonyl (C=O) groups excluding carboxylic acids is 1. The predicted octanol–water partition coefficient (Wildman–Crippen LogP) is 9.67. The lowest BCUT2D eigenvalue weighted by atomic mass is 9.98. The van der Waals surface area contributed by atoms with Crippen LogP contribution in [0.4, 0.5) is 13.2 Å². The molecule has 0 aliphatic rings. The molecule has 5 aromatic carbocycles. The number of carboxylic acid groups (broad SMARTS) is 1. The zero-order valence-electron chi connectivity index (χ0n) is 23.4. The second-order valence-corrected chi connectivity index (χ2v) is 10.8. The highest BCUT2D eigenvalue weighted by Crippen LogP contribution is 2.35. The van der Waals surface area contributed by atoms with E-state index in [1.54, 1.807) is 18.2 Å². The van der Waals surface area contributed by atoms with Crippen LogP contribution in [0.3, 0.4) is 0 Å². The van der Waals surface area contributed by atoms with E-state index in [1.165, 1.54) is 12.1 Å². The minimum absolute atomic E-state index is 0.0586. The number of benzene rings is 5. The number of halogens is 4. The third kappa shape index (κ3) is 8.10. The van der Waals surface area contributed by atoms with E-state index in [4.69, 9.17) is 9.47 Å². The van der Waals surface area contributed by atoms with Gasteiger partial charge in [0.25, 0.3) is 5.91 Å². The van der Waals surface area contributed by atoms with Crippen LogP contribution in [0.25, 0.3) is 11.1 Å². The topological polar surface area (TPSA) is 84.9 Å². The number of nitrogens with one attached hydrogen (secondary N) is 1. The fourth-order valence-corrected chi connectivity index (χ4v) is 4.94. The lowest BCUT2D eigenvalue weighted by Gasteiger charge is -2.20. The first-order valence-electron chi connectivity index (χ1n) is 13.7. The summed E-state index contributed by atoms with van der Waals surface area (Å²) in [5.41, 5.74) is 1.42. The number of para-hydroxylation sites is 2. The number of rotatable bonds is 10. The summed E-state index contributed by atoms with van der Waals surface area (Å²) < 4.78 is 51.3. The monoisotopic (exact) mass is 675 g/mol. The number of hydrogen-bond acceptors (Lipinski definition) is 4. The van der Waals surface area contributed by atoms with E-state index in [0.29, 0.717) is 21.5 Å². The Balaban J connectivity index is 1.37. The van der Waals surface area contributed by atoms with Crippen LogP contribution in [0.1, 0.15) is 33.9 Å². The van der Waals surface area contributed by atoms with Gasteiger partial charge < -0.3 is 19.9 Å². The maximum Gasteiger partial charge on any atom is 0.416 e. The summed E-state index contributed by atoms with van der Waals surface area (Å²) in [5, 5.41) is 12.4. The zero-order chi connectivity index (χ0) is 32.0. The fraction of sp³-hybridized carbons (Fsp3) is 0.0857. The summed E-state index contributed by atoms with van der Waals surface area (Å²) in [6, 6.07) is 31.8. The summed E-state index contributed by atoms with van der Waals surface area (Å²) in [6.45, 7) is 0. The molecule has 0 saturated heterocycles. The molecule has 0 fully saturated rings. The van der Waals surface area contributed by atoms with E-state index in [2.05, 4.69) is 21.2 Å². The summed E-state index contributed by atoms with van der Waals surface area (Å²) in [4.78, 5) is 25.3. The third-order valence-corrected chi connectivity index (χ3v) is 7.26. The van der Waals surface area contributed by atoms with Gasteiger partial charge in [-0.15, -0.1) is 0 Å². The van der Waals surface area contributed by atoms with Crippen molar-refractivity contribution in [1.29, 1.82) is 0 Å². The van der Waals surface area contributed by atoms with E-state index < -0.39 is 36.1 Å². The molecule has 1 unspecified atom stereocenters. The van der Waals surface area contributed by atoms with Crippen molar-refractivity contribution in [2.45, 2.75) is 18.6 Å². The maximum absolute atomic E-state index is 13.5. The standard InChI is InChI=1S/C35H25BrF3NO5/c36-25-16-19-32(45-27-17-14-24(15-18-27)35(37,38)39)29(20-25)34(43)40-30(21-33(41)42)23-12-10-22(11-13-23)28-8-4-5-9-31(28)44-26-6-2-1-3-7-26/h1-20,30H,21H2,(H,40,43)(H,41,42). The van der Waals surface area contributed by atoms with Crippen molar-refractivity contribution in [3.63, 3.8) is 0 Å². The van der Waals surface area contributed by atoms with Crippen molar-refractivity contribution < 1.29 is 37.3 Å². The van der Waals surface area contributed by atoms with E-state index in [9.17, 15) is 27.9 Å². The molecule has 0 aromatic heterocycles. The number of aliphatic carboxylic acids is 1. The molecule has 6 nitrogen and oxygen atoms in total. The van der Waals surface area contributed by atoms with Crippen molar-refractivity contribution >= 4 is 27.8 Å². The Bertz CT molecular complexity index is 1790. The van der Waals surface area contributed by atoms with Crippen LogP contribution >= 0.6 is 15.9 Å². The molecule has 1 amide bonds. The Morgan fingerprint density at radius 3 is 2.04 bits per heavy atom. The molecule has 1 atom stereocenters. The van der Waals surface area contributed by atoms with Gasteiger partial charge in [-0.2, -0.15) is 13.2 Å². The molecule has 10 heteroatoms. The molecule has 2 N–H and O–H groups in total. The van der Waals surface area contributed by atoms with E-state index in [-0.39, 0.29) is 17.1 Å². The van der Waals surface area contributed by atoms with Crippen LogP contribution in [-0.4, -0.2) is 17.0 Å². The minimum atomic E-state index is -4.50. The van der Waals surface area contributed by atoms with E-state index in [1.807, 2.05) is 66.7 Å². The number of amides is 1. The molecule has 0 bridgehead atoms.